The molecule has 0 saturated heterocycles. The first kappa shape index (κ1) is 21.4. The molecule has 0 atom stereocenters. The smallest absolute Gasteiger partial charge is 0.193 e. The van der Waals surface area contributed by atoms with Gasteiger partial charge in [0.15, 0.2) is 10.2 Å². The van der Waals surface area contributed by atoms with E-state index in [0.717, 1.165) is 35.5 Å². The minimum Gasteiger partial charge on any atom is -0.287 e. The number of hydrogen-bond acceptors (Lipinski definition) is 4. The molecule has 26 heavy (non-hydrogen) atoms. The Hall–Kier alpha value is -0.940. The Morgan fingerprint density at radius 3 is 1.31 bits per heavy atom. The topological polar surface area (TPSA) is 34.1 Å². The van der Waals surface area contributed by atoms with Crippen LogP contribution in [0, 0.1) is 0 Å². The molecule has 0 aliphatic heterocycles. The Morgan fingerprint density at radius 2 is 0.962 bits per heavy atom. The molecule has 138 valence electrons. The highest BCUT2D eigenvalue weighted by Crippen LogP contribution is 2.25. The van der Waals surface area contributed by atoms with Gasteiger partial charge in [0, 0.05) is 32.7 Å². The van der Waals surface area contributed by atoms with Gasteiger partial charge in [0.05, 0.1) is 0 Å². The number of carbonyl (C=O) groups is 2. The third-order valence-electron chi connectivity index (χ3n) is 3.60. The Balaban J connectivity index is 1.53. The molecule has 0 spiro atoms. The summed E-state index contributed by atoms with van der Waals surface area (Å²) < 4.78 is 0. The summed E-state index contributed by atoms with van der Waals surface area (Å²) in [6.45, 7) is 0. The zero-order valence-electron chi connectivity index (χ0n) is 14.3. The van der Waals surface area contributed by atoms with Crippen molar-refractivity contribution in [2.75, 3.05) is 0 Å². The number of halogens is 2. The molecule has 2 aromatic rings. The number of hydrogen-bond donors (Lipinski definition) is 0. The maximum Gasteiger partial charge on any atom is 0.193 e. The quantitative estimate of drug-likeness (QED) is 0.311. The fraction of sp³-hybridized carbons (Fsp3) is 0.300. The first-order valence-corrected chi connectivity index (χ1v) is 10.8. The fourth-order valence-corrected chi connectivity index (χ4v) is 4.08. The predicted octanol–water partition coefficient (Wildman–Crippen LogP) is 7.27. The Morgan fingerprint density at radius 1 is 0.615 bits per heavy atom. The van der Waals surface area contributed by atoms with Crippen molar-refractivity contribution in [1.29, 1.82) is 0 Å². The standard InChI is InChI=1S/C20H20Cl2O2S2/c21-15-7-11-17(12-8-15)25-19(23)5-3-1-2-4-6-20(24)26-18-13-9-16(22)10-14-18/h7-14H,1-6H2. The van der Waals surface area contributed by atoms with Crippen LogP contribution in [-0.2, 0) is 9.59 Å². The molecule has 2 nitrogen and oxygen atoms in total. The molecular formula is C20H20Cl2O2S2. The van der Waals surface area contributed by atoms with Crippen LogP contribution < -0.4 is 0 Å². The lowest BCUT2D eigenvalue weighted by Crippen LogP contribution is -1.93. The highest BCUT2D eigenvalue weighted by Gasteiger charge is 2.07. The molecule has 0 heterocycles. The van der Waals surface area contributed by atoms with Crippen LogP contribution >= 0.6 is 46.7 Å². The van der Waals surface area contributed by atoms with Crippen molar-refractivity contribution in [3.05, 3.63) is 58.6 Å². The van der Waals surface area contributed by atoms with Gasteiger partial charge in [0.1, 0.15) is 0 Å². The molecule has 2 rings (SSSR count). The van der Waals surface area contributed by atoms with Crippen LogP contribution in [0.4, 0.5) is 0 Å². The first-order chi connectivity index (χ1) is 12.5. The molecule has 0 amide bonds. The second-order valence-electron chi connectivity index (χ2n) is 5.77. The number of benzene rings is 2. The van der Waals surface area contributed by atoms with Gasteiger partial charge in [-0.3, -0.25) is 9.59 Å². The second-order valence-corrected chi connectivity index (χ2v) is 8.90. The van der Waals surface area contributed by atoms with Crippen LogP contribution in [-0.4, -0.2) is 10.2 Å². The van der Waals surface area contributed by atoms with Crippen molar-refractivity contribution in [3.63, 3.8) is 0 Å². The van der Waals surface area contributed by atoms with Crippen molar-refractivity contribution in [2.45, 2.75) is 48.3 Å². The largest absolute Gasteiger partial charge is 0.287 e. The molecule has 6 heteroatoms. The van der Waals surface area contributed by atoms with Crippen molar-refractivity contribution in [2.24, 2.45) is 0 Å². The fourth-order valence-electron chi connectivity index (χ4n) is 2.26. The minimum atomic E-state index is 0.168. The average Bonchev–Trinajstić information content (AvgIpc) is 2.62. The van der Waals surface area contributed by atoms with Gasteiger partial charge in [0.2, 0.25) is 0 Å². The van der Waals surface area contributed by atoms with Crippen LogP contribution in [0.15, 0.2) is 58.3 Å². The first-order valence-electron chi connectivity index (χ1n) is 8.45. The summed E-state index contributed by atoms with van der Waals surface area (Å²) >= 11 is 14.2. The van der Waals surface area contributed by atoms with E-state index in [9.17, 15) is 9.59 Å². The molecule has 0 aliphatic carbocycles. The molecule has 0 bridgehead atoms. The van der Waals surface area contributed by atoms with E-state index in [1.165, 1.54) is 23.5 Å². The Bertz CT molecular complexity index is 652. The van der Waals surface area contributed by atoms with Crippen LogP contribution in [0.25, 0.3) is 0 Å². The Kier molecular flexibility index (Phi) is 9.62. The van der Waals surface area contributed by atoms with Crippen LogP contribution in [0.3, 0.4) is 0 Å². The number of carbonyl (C=O) groups excluding carboxylic acids is 2. The normalized spacial score (nSPS) is 10.7. The highest BCUT2D eigenvalue weighted by molar-refractivity contribution is 8.13. The van der Waals surface area contributed by atoms with Gasteiger partial charge in [-0.2, -0.15) is 0 Å². The molecule has 0 N–H and O–H groups in total. The SMILES string of the molecule is O=C(CCCCCCC(=O)Sc1ccc(Cl)cc1)Sc1ccc(Cl)cc1. The lowest BCUT2D eigenvalue weighted by molar-refractivity contribution is -0.112. The monoisotopic (exact) mass is 426 g/mol. The van der Waals surface area contributed by atoms with Gasteiger partial charge in [-0.1, -0.05) is 59.6 Å². The van der Waals surface area contributed by atoms with Crippen molar-refractivity contribution in [1.82, 2.24) is 0 Å². The maximum absolute atomic E-state index is 11.9. The van der Waals surface area contributed by atoms with Crippen LogP contribution in [0.1, 0.15) is 38.5 Å². The van der Waals surface area contributed by atoms with Gasteiger partial charge in [-0.05, 0) is 61.4 Å². The van der Waals surface area contributed by atoms with Crippen molar-refractivity contribution < 1.29 is 9.59 Å². The lowest BCUT2D eigenvalue weighted by Gasteiger charge is -2.03. The van der Waals surface area contributed by atoms with E-state index in [4.69, 9.17) is 23.2 Å². The zero-order chi connectivity index (χ0) is 18.8. The highest BCUT2D eigenvalue weighted by atomic mass is 35.5. The number of unbranched alkanes of at least 4 members (excludes halogenated alkanes) is 3. The van der Waals surface area contributed by atoms with Gasteiger partial charge < -0.3 is 0 Å². The third kappa shape index (κ3) is 8.63. The summed E-state index contributed by atoms with van der Waals surface area (Å²) in [5.41, 5.74) is 0. The van der Waals surface area contributed by atoms with Crippen LogP contribution in [0.5, 0.6) is 0 Å². The molecule has 0 saturated carbocycles. The van der Waals surface area contributed by atoms with E-state index in [1.54, 1.807) is 24.3 Å². The molecule has 0 radical (unpaired) electrons. The summed E-state index contributed by atoms with van der Waals surface area (Å²) in [7, 11) is 0. The number of rotatable bonds is 9. The Labute approximate surface area is 173 Å². The second kappa shape index (κ2) is 11.7. The summed E-state index contributed by atoms with van der Waals surface area (Å²) in [6.07, 6.45) is 4.76. The van der Waals surface area contributed by atoms with E-state index >= 15 is 0 Å². The molecule has 0 aromatic heterocycles. The summed E-state index contributed by atoms with van der Waals surface area (Å²) in [5, 5.41) is 1.68. The zero-order valence-corrected chi connectivity index (χ0v) is 17.4. The van der Waals surface area contributed by atoms with Gasteiger partial charge in [0.25, 0.3) is 0 Å². The lowest BCUT2D eigenvalue weighted by atomic mass is 10.1. The van der Waals surface area contributed by atoms with Crippen molar-refractivity contribution in [3.8, 4) is 0 Å². The minimum absolute atomic E-state index is 0.168. The molecule has 2 aromatic carbocycles. The molecule has 0 aliphatic rings. The van der Waals surface area contributed by atoms with Gasteiger partial charge in [-0.15, -0.1) is 0 Å². The molecular weight excluding hydrogens is 407 g/mol. The predicted molar refractivity (Wildman–Crippen MR) is 112 cm³/mol. The average molecular weight is 427 g/mol. The van der Waals surface area contributed by atoms with E-state index in [-0.39, 0.29) is 10.2 Å². The van der Waals surface area contributed by atoms with E-state index in [0.29, 0.717) is 22.9 Å². The van der Waals surface area contributed by atoms with E-state index < -0.39 is 0 Å². The summed E-state index contributed by atoms with van der Waals surface area (Å²) in [6, 6.07) is 14.6. The van der Waals surface area contributed by atoms with Gasteiger partial charge >= 0.3 is 0 Å². The van der Waals surface area contributed by atoms with E-state index in [1.807, 2.05) is 24.3 Å². The van der Waals surface area contributed by atoms with Gasteiger partial charge in [-0.25, -0.2) is 0 Å². The molecule has 0 fully saturated rings. The van der Waals surface area contributed by atoms with E-state index in [2.05, 4.69) is 0 Å². The number of thioether (sulfide) groups is 2. The van der Waals surface area contributed by atoms with Crippen molar-refractivity contribution >= 4 is 57.0 Å². The summed E-state index contributed by atoms with van der Waals surface area (Å²) in [4.78, 5) is 25.7. The maximum atomic E-state index is 11.9. The third-order valence-corrected chi connectivity index (χ3v) is 5.99. The molecule has 0 unspecified atom stereocenters. The summed E-state index contributed by atoms with van der Waals surface area (Å²) in [5.74, 6) is 0. The van der Waals surface area contributed by atoms with Crippen LogP contribution in [0.2, 0.25) is 10.0 Å².